The number of nitrogens with one attached hydrogen (secondary N) is 3. The molecule has 0 saturated carbocycles. The third-order valence-corrected chi connectivity index (χ3v) is 10.9. The number of para-hydroxylation sites is 1. The maximum absolute atomic E-state index is 13.3. The highest BCUT2D eigenvalue weighted by Gasteiger charge is 2.46. The summed E-state index contributed by atoms with van der Waals surface area (Å²) in [6.07, 6.45) is 8.85. The topological polar surface area (TPSA) is 217 Å². The summed E-state index contributed by atoms with van der Waals surface area (Å²) in [5, 5.41) is 13.0. The van der Waals surface area contributed by atoms with Crippen LogP contribution in [0, 0.1) is 0 Å². The molecule has 1 atom stereocenters. The van der Waals surface area contributed by atoms with Crippen LogP contribution in [0.5, 0.6) is 11.8 Å². The number of carbonyl (C=O) groups is 5. The highest BCUT2D eigenvalue weighted by atomic mass is 16.5. The largest absolute Gasteiger partial charge is 0.483 e. The fourth-order valence-electron chi connectivity index (χ4n) is 7.69. The van der Waals surface area contributed by atoms with E-state index < -0.39 is 42.2 Å². The lowest BCUT2D eigenvalue weighted by molar-refractivity contribution is -0.136. The Morgan fingerprint density at radius 3 is 2.61 bits per heavy atom. The van der Waals surface area contributed by atoms with Crippen molar-refractivity contribution in [1.29, 1.82) is 0 Å². The summed E-state index contributed by atoms with van der Waals surface area (Å²) in [5.41, 5.74) is 3.84. The van der Waals surface area contributed by atoms with E-state index in [1.54, 1.807) is 17.0 Å². The average molecular weight is 834 g/mol. The first-order valence-electron chi connectivity index (χ1n) is 20.4. The van der Waals surface area contributed by atoms with Gasteiger partial charge < -0.3 is 34.3 Å². The molecule has 19 heteroatoms. The fraction of sp³-hybridized carbons (Fsp3) is 0.405. The van der Waals surface area contributed by atoms with E-state index in [1.807, 2.05) is 35.2 Å². The van der Waals surface area contributed by atoms with Crippen molar-refractivity contribution < 1.29 is 38.2 Å². The molecule has 318 valence electrons. The molecule has 19 nitrogen and oxygen atoms in total. The summed E-state index contributed by atoms with van der Waals surface area (Å²) in [6.45, 7) is 7.68. The van der Waals surface area contributed by atoms with Crippen molar-refractivity contribution in [3.05, 3.63) is 89.6 Å². The first-order valence-corrected chi connectivity index (χ1v) is 20.4. The summed E-state index contributed by atoms with van der Waals surface area (Å²) in [5.74, 6) is -2.15. The van der Waals surface area contributed by atoms with Gasteiger partial charge in [-0.3, -0.25) is 34.2 Å². The third kappa shape index (κ3) is 9.07. The number of hydrogen-bond donors (Lipinski definition) is 3. The van der Waals surface area contributed by atoms with E-state index in [0.717, 1.165) is 54.2 Å². The van der Waals surface area contributed by atoms with Gasteiger partial charge in [0.2, 0.25) is 17.8 Å². The van der Waals surface area contributed by atoms with Gasteiger partial charge in [-0.05, 0) is 48.9 Å². The normalized spacial score (nSPS) is 17.2. The van der Waals surface area contributed by atoms with Crippen LogP contribution < -0.4 is 25.4 Å². The van der Waals surface area contributed by atoms with Crippen LogP contribution in [0.15, 0.2) is 67.4 Å². The molecule has 3 aliphatic rings. The zero-order chi connectivity index (χ0) is 42.5. The predicted octanol–water partition coefficient (Wildman–Crippen LogP) is 2.50. The maximum Gasteiger partial charge on any atom is 0.322 e. The SMILES string of the molecule is CC(C)c1cnn2c(NCc3ccccc3-n3ccnc3)nc(OC3CCN(CCOCCNC(=O)COc4cccc5c4C(=O)N(C4CCC(=O)NC4=O)C5=O)CC3)nc12. The van der Waals surface area contributed by atoms with E-state index in [4.69, 9.17) is 24.2 Å². The average Bonchev–Trinajstić information content (AvgIpc) is 4.01. The minimum Gasteiger partial charge on any atom is -0.483 e. The summed E-state index contributed by atoms with van der Waals surface area (Å²) < 4.78 is 21.6. The second kappa shape index (κ2) is 18.3. The molecule has 3 aliphatic heterocycles. The van der Waals surface area contributed by atoms with E-state index in [0.29, 0.717) is 30.8 Å². The van der Waals surface area contributed by atoms with Crippen LogP contribution in [0.25, 0.3) is 11.3 Å². The number of aromatic nitrogens is 6. The number of anilines is 1. The summed E-state index contributed by atoms with van der Waals surface area (Å²) in [7, 11) is 0. The molecular weight excluding hydrogens is 787 g/mol. The Balaban J connectivity index is 0.763. The number of carbonyl (C=O) groups excluding carboxylic acids is 5. The smallest absolute Gasteiger partial charge is 0.322 e. The number of hydrogen-bond acceptors (Lipinski definition) is 14. The number of rotatable bonds is 17. The van der Waals surface area contributed by atoms with E-state index in [2.05, 4.69) is 50.8 Å². The van der Waals surface area contributed by atoms with Crippen LogP contribution in [0.3, 0.4) is 0 Å². The van der Waals surface area contributed by atoms with Gasteiger partial charge in [0.25, 0.3) is 17.7 Å². The Hall–Kier alpha value is -6.73. The van der Waals surface area contributed by atoms with E-state index in [-0.39, 0.29) is 54.9 Å². The molecule has 1 unspecified atom stereocenters. The molecule has 0 aliphatic carbocycles. The van der Waals surface area contributed by atoms with E-state index >= 15 is 0 Å². The Morgan fingerprint density at radius 2 is 1.82 bits per heavy atom. The van der Waals surface area contributed by atoms with Crippen molar-refractivity contribution in [3.63, 3.8) is 0 Å². The molecule has 2 aromatic carbocycles. The summed E-state index contributed by atoms with van der Waals surface area (Å²) in [4.78, 5) is 79.8. The monoisotopic (exact) mass is 833 g/mol. The lowest BCUT2D eigenvalue weighted by Crippen LogP contribution is -2.54. The van der Waals surface area contributed by atoms with Gasteiger partial charge in [-0.15, -0.1) is 0 Å². The van der Waals surface area contributed by atoms with Gasteiger partial charge in [-0.2, -0.15) is 19.6 Å². The molecule has 3 aromatic heterocycles. The standard InChI is InChI=1S/C42H47N11O8/c1-26(2)30-23-46-53-37(30)48-42(49-41(53)45-22-27-6-3-4-8-31(27)51-18-14-43-25-51)61-28-12-16-50(17-13-28)19-21-59-20-15-44-35(55)24-60-33-9-5-7-29-36(33)40(58)52(39(29)57)32-10-11-34(54)47-38(32)56/h3-9,14,18,23,25-26,28,32H,10-13,15-17,19-22,24H2,1-2H3,(H,44,55)(H,45,48,49)(H,47,54,56). The minimum absolute atomic E-state index is 0.0129. The van der Waals surface area contributed by atoms with Gasteiger partial charge >= 0.3 is 6.01 Å². The van der Waals surface area contributed by atoms with Crippen molar-refractivity contribution in [2.45, 2.75) is 64.1 Å². The second-order valence-electron chi connectivity index (χ2n) is 15.3. The minimum atomic E-state index is -1.10. The predicted molar refractivity (Wildman–Crippen MR) is 218 cm³/mol. The van der Waals surface area contributed by atoms with Crippen LogP contribution in [-0.2, 0) is 25.7 Å². The van der Waals surface area contributed by atoms with Crippen LogP contribution in [-0.4, -0.2) is 127 Å². The highest BCUT2D eigenvalue weighted by Crippen LogP contribution is 2.34. The van der Waals surface area contributed by atoms with Crippen LogP contribution in [0.2, 0.25) is 0 Å². The van der Waals surface area contributed by atoms with E-state index in [1.165, 1.54) is 18.2 Å². The molecule has 5 aromatic rings. The lowest BCUT2D eigenvalue weighted by Gasteiger charge is -2.31. The number of imide groups is 2. The Kier molecular flexibility index (Phi) is 12.3. The van der Waals surface area contributed by atoms with Gasteiger partial charge in [-0.1, -0.05) is 38.1 Å². The van der Waals surface area contributed by atoms with E-state index in [9.17, 15) is 24.0 Å². The van der Waals surface area contributed by atoms with Crippen molar-refractivity contribution in [1.82, 2.24) is 49.6 Å². The van der Waals surface area contributed by atoms with Gasteiger partial charge in [0, 0.05) is 57.1 Å². The second-order valence-corrected chi connectivity index (χ2v) is 15.3. The van der Waals surface area contributed by atoms with Crippen molar-refractivity contribution in [2.75, 3.05) is 51.3 Å². The van der Waals surface area contributed by atoms with Crippen LogP contribution >= 0.6 is 0 Å². The number of likely N-dealkylation sites (tertiary alicyclic amines) is 1. The Bertz CT molecular complexity index is 2430. The highest BCUT2D eigenvalue weighted by molar-refractivity contribution is 6.24. The number of fused-ring (bicyclic) bond motifs is 2. The number of nitrogens with zero attached hydrogens (tertiary/aromatic N) is 8. The molecule has 6 heterocycles. The number of amides is 5. The zero-order valence-corrected chi connectivity index (χ0v) is 33.9. The molecule has 2 saturated heterocycles. The molecular formula is C42H47N11O8. The van der Waals surface area contributed by atoms with Crippen molar-refractivity contribution in [2.24, 2.45) is 0 Å². The molecule has 3 N–H and O–H groups in total. The number of piperidine rings is 2. The molecule has 2 fully saturated rings. The maximum atomic E-state index is 13.3. The quantitative estimate of drug-likeness (QED) is 0.0907. The van der Waals surface area contributed by atoms with Crippen molar-refractivity contribution >= 4 is 41.1 Å². The van der Waals surface area contributed by atoms with Crippen LogP contribution in [0.4, 0.5) is 5.95 Å². The van der Waals surface area contributed by atoms with Crippen LogP contribution in [0.1, 0.15) is 77.3 Å². The third-order valence-electron chi connectivity index (χ3n) is 10.9. The molecule has 0 bridgehead atoms. The lowest BCUT2D eigenvalue weighted by atomic mass is 10.0. The summed E-state index contributed by atoms with van der Waals surface area (Å²) >= 11 is 0. The number of imidazole rings is 1. The number of ether oxygens (including phenoxy) is 3. The first kappa shape index (κ1) is 41.0. The zero-order valence-electron chi connectivity index (χ0n) is 33.9. The molecule has 61 heavy (non-hydrogen) atoms. The molecule has 5 amide bonds. The van der Waals surface area contributed by atoms with Gasteiger partial charge in [0.1, 0.15) is 17.9 Å². The molecule has 8 rings (SSSR count). The number of benzene rings is 2. The van der Waals surface area contributed by atoms with Gasteiger partial charge in [-0.25, -0.2) is 4.98 Å². The molecule has 0 radical (unpaired) electrons. The van der Waals surface area contributed by atoms with Gasteiger partial charge in [0.15, 0.2) is 12.3 Å². The Labute approximate surface area is 350 Å². The fourth-order valence-corrected chi connectivity index (χ4v) is 7.69. The van der Waals surface area contributed by atoms with Crippen molar-refractivity contribution in [3.8, 4) is 17.4 Å². The Morgan fingerprint density at radius 1 is 0.984 bits per heavy atom. The molecule has 0 spiro atoms. The van der Waals surface area contributed by atoms with Gasteiger partial charge in [0.05, 0.1) is 42.6 Å². The summed E-state index contributed by atoms with van der Waals surface area (Å²) in [6, 6.07) is 11.8. The first-order chi connectivity index (χ1) is 29.6.